The van der Waals surface area contributed by atoms with Gasteiger partial charge < -0.3 is 34.8 Å². The summed E-state index contributed by atoms with van der Waals surface area (Å²) in [5, 5.41) is 27.0. The average molecular weight is 871 g/mol. The van der Waals surface area contributed by atoms with Crippen molar-refractivity contribution in [1.29, 1.82) is 0 Å². The van der Waals surface area contributed by atoms with Gasteiger partial charge in [0.15, 0.2) is 12.4 Å². The number of alkyl halides is 2. The molecule has 4 aliphatic heterocycles. The number of fused-ring (bicyclic) bond motifs is 4. The van der Waals surface area contributed by atoms with Gasteiger partial charge in [0.1, 0.15) is 5.02 Å². The minimum absolute atomic E-state index is 0.125. The molecule has 2 amide bonds. The topological polar surface area (TPSA) is 172 Å². The number of hydrogen-bond acceptors (Lipinski definition) is 12. The van der Waals surface area contributed by atoms with Gasteiger partial charge in [-0.1, -0.05) is 23.7 Å². The lowest BCUT2D eigenvalue weighted by atomic mass is 9.86. The number of aliphatic hydroxyl groups is 1. The number of likely N-dealkylation sites (tertiary alicyclic amines) is 1. The Labute approximate surface area is 360 Å². The summed E-state index contributed by atoms with van der Waals surface area (Å²) in [7, 11) is 3.48. The van der Waals surface area contributed by atoms with Crippen LogP contribution in [-0.2, 0) is 23.7 Å². The van der Waals surface area contributed by atoms with Crippen LogP contribution in [0.5, 0.6) is 5.75 Å². The summed E-state index contributed by atoms with van der Waals surface area (Å²) in [6.07, 6.45) is 6.68. The third kappa shape index (κ3) is 7.51. The van der Waals surface area contributed by atoms with Crippen LogP contribution >= 0.6 is 11.6 Å². The van der Waals surface area contributed by atoms with E-state index in [1.165, 1.54) is 16.3 Å². The average Bonchev–Trinajstić information content (AvgIpc) is 4.06. The molecule has 15 nitrogen and oxygen atoms in total. The Balaban J connectivity index is 0.777. The van der Waals surface area contributed by atoms with Crippen LogP contribution in [0.3, 0.4) is 0 Å². The van der Waals surface area contributed by atoms with E-state index < -0.39 is 35.6 Å². The lowest BCUT2D eigenvalue weighted by molar-refractivity contribution is -0.134. The van der Waals surface area contributed by atoms with Crippen molar-refractivity contribution in [2.24, 2.45) is 20.0 Å². The number of aryl methyl sites for hydroxylation is 2. The number of ether oxygens (including phenoxy) is 1. The van der Waals surface area contributed by atoms with Crippen LogP contribution < -0.4 is 31.1 Å². The van der Waals surface area contributed by atoms with E-state index in [1.54, 1.807) is 25.2 Å². The molecule has 0 radical (unpaired) electrons. The fourth-order valence-corrected chi connectivity index (χ4v) is 10.0. The second-order valence-corrected chi connectivity index (χ2v) is 18.3. The summed E-state index contributed by atoms with van der Waals surface area (Å²) >= 11 is 6.61. The normalized spacial score (nSPS) is 23.1. The van der Waals surface area contributed by atoms with Crippen LogP contribution in [0, 0.1) is 5.92 Å². The summed E-state index contributed by atoms with van der Waals surface area (Å²) in [5.41, 5.74) is 2.97. The van der Waals surface area contributed by atoms with Crippen molar-refractivity contribution in [1.82, 2.24) is 34.5 Å². The van der Waals surface area contributed by atoms with Crippen LogP contribution in [0.25, 0.3) is 21.8 Å². The van der Waals surface area contributed by atoms with Crippen molar-refractivity contribution in [3.05, 3.63) is 69.2 Å². The highest BCUT2D eigenvalue weighted by Gasteiger charge is 2.51. The molecule has 2 atom stereocenters. The maximum atomic E-state index is 15.2. The largest absolute Gasteiger partial charge is 0.480 e. The van der Waals surface area contributed by atoms with Crippen molar-refractivity contribution in [2.75, 3.05) is 54.9 Å². The molecule has 1 saturated carbocycles. The fourth-order valence-electron chi connectivity index (χ4n) is 9.91. The van der Waals surface area contributed by atoms with Crippen LogP contribution in [-0.4, -0.2) is 103 Å². The molecule has 2 aromatic carbocycles. The highest BCUT2D eigenvalue weighted by Crippen LogP contribution is 2.46. The zero-order valence-electron chi connectivity index (χ0n) is 34.6. The molecule has 3 saturated heterocycles. The highest BCUT2D eigenvalue weighted by atomic mass is 35.5. The molecule has 326 valence electrons. The molecule has 10 rings (SSSR count). The standard InChI is InChI=1S/C44H49ClF2N10O5/c1-54-32-9-6-27(20-30(32)36-37(41(54)60)62-23-44(46,47)38(51-36)25-3-4-25)49-39-31(45)21-48-42(52-39)57-17-13-43(61,14-18-57)22-56-15-11-24(12-16-56)26-5-7-28-33(19-26)55(2)53-35(28)29-8-10-34(58)50-40(29)59/h5-7,9,19-21,24-25,29,38,51,61H,3-4,8,10-18,22-23H2,1-2H3,(H,48,49,52)(H,50,58,59). The first-order valence-electron chi connectivity index (χ1n) is 21.5. The number of carbonyl (C=O) groups is 2. The third-order valence-electron chi connectivity index (χ3n) is 13.6. The van der Waals surface area contributed by atoms with Gasteiger partial charge in [0.05, 0.1) is 46.2 Å². The van der Waals surface area contributed by atoms with Crippen LogP contribution in [0.15, 0.2) is 47.4 Å². The van der Waals surface area contributed by atoms with Crippen LogP contribution in [0.2, 0.25) is 5.02 Å². The zero-order chi connectivity index (χ0) is 43.1. The summed E-state index contributed by atoms with van der Waals surface area (Å²) in [6.45, 7) is 2.53. The van der Waals surface area contributed by atoms with Crippen molar-refractivity contribution >= 4 is 68.4 Å². The van der Waals surface area contributed by atoms with E-state index in [2.05, 4.69) is 44.0 Å². The SMILES string of the molecule is Cn1nc(C2CCC(=O)NC2=O)c2ccc(C3CCN(CC4(O)CCN(c5ncc(Cl)c(Nc6ccc7c(c6)c6c(c(=O)n7C)OCC(F)(F)C(C7CC7)N6)n5)CC4)CC3)cc21. The number of pyridine rings is 1. The molecule has 1 aliphatic carbocycles. The molecule has 4 fully saturated rings. The van der Waals surface area contributed by atoms with Gasteiger partial charge in [-0.3, -0.25) is 24.4 Å². The van der Waals surface area contributed by atoms with Gasteiger partial charge in [-0.15, -0.1) is 0 Å². The molecule has 0 spiro atoms. The number of β-amino-alcohol motifs (C(OH)–C–C–N with tert-alkyl or cyclic N) is 1. The smallest absolute Gasteiger partial charge is 0.301 e. The summed E-state index contributed by atoms with van der Waals surface area (Å²) in [5.74, 6) is -3.24. The molecule has 4 N–H and O–H groups in total. The minimum atomic E-state index is -3.14. The molecule has 62 heavy (non-hydrogen) atoms. The Morgan fingerprint density at radius 3 is 2.48 bits per heavy atom. The quantitative estimate of drug-likeness (QED) is 0.143. The predicted molar refractivity (Wildman–Crippen MR) is 231 cm³/mol. The Morgan fingerprint density at radius 1 is 0.968 bits per heavy atom. The van der Waals surface area contributed by atoms with E-state index >= 15 is 8.78 Å². The lowest BCUT2D eigenvalue weighted by Crippen LogP contribution is -2.52. The first-order valence-corrected chi connectivity index (χ1v) is 21.8. The highest BCUT2D eigenvalue weighted by molar-refractivity contribution is 6.33. The maximum Gasteiger partial charge on any atom is 0.301 e. The van der Waals surface area contributed by atoms with E-state index in [9.17, 15) is 19.5 Å². The van der Waals surface area contributed by atoms with E-state index in [1.807, 2.05) is 16.6 Å². The third-order valence-corrected chi connectivity index (χ3v) is 13.9. The Morgan fingerprint density at radius 2 is 1.74 bits per heavy atom. The second kappa shape index (κ2) is 15.4. The number of aromatic nitrogens is 5. The molecule has 5 aromatic rings. The summed E-state index contributed by atoms with van der Waals surface area (Å²) < 4.78 is 39.1. The van der Waals surface area contributed by atoms with Gasteiger partial charge in [-0.25, -0.2) is 13.8 Å². The zero-order valence-corrected chi connectivity index (χ0v) is 35.4. The van der Waals surface area contributed by atoms with E-state index in [4.69, 9.17) is 26.4 Å². The lowest BCUT2D eigenvalue weighted by Gasteiger charge is -2.42. The van der Waals surface area contributed by atoms with Gasteiger partial charge >= 0.3 is 5.92 Å². The van der Waals surface area contributed by atoms with Crippen molar-refractivity contribution in [3.8, 4) is 5.75 Å². The molecule has 2 unspecified atom stereocenters. The number of piperidine rings is 3. The number of halogens is 3. The number of anilines is 4. The minimum Gasteiger partial charge on any atom is -0.480 e. The first-order chi connectivity index (χ1) is 29.7. The summed E-state index contributed by atoms with van der Waals surface area (Å²) in [6, 6.07) is 10.6. The molecule has 3 aromatic heterocycles. The van der Waals surface area contributed by atoms with Crippen molar-refractivity contribution in [2.45, 2.75) is 80.8 Å². The molecular weight excluding hydrogens is 822 g/mol. The Kier molecular flexibility index (Phi) is 10.1. The number of rotatable bonds is 8. The number of carbonyl (C=O) groups excluding carboxylic acids is 2. The molecule has 5 aliphatic rings. The van der Waals surface area contributed by atoms with Crippen molar-refractivity contribution < 1.29 is 28.2 Å². The Hall–Kier alpha value is -5.39. The predicted octanol–water partition coefficient (Wildman–Crippen LogP) is 5.56. The van der Waals surface area contributed by atoms with Gasteiger partial charge in [-0.05, 0) is 99.7 Å². The van der Waals surface area contributed by atoms with E-state index in [0.29, 0.717) is 98.1 Å². The number of imide groups is 1. The Bertz CT molecular complexity index is 2670. The van der Waals surface area contributed by atoms with Gasteiger partial charge in [0, 0.05) is 56.6 Å². The number of benzene rings is 2. The second-order valence-electron chi connectivity index (χ2n) is 17.9. The maximum absolute atomic E-state index is 15.2. The van der Waals surface area contributed by atoms with Gasteiger partial charge in [0.2, 0.25) is 23.5 Å². The number of nitrogens with one attached hydrogen (secondary N) is 3. The molecule has 18 heteroatoms. The van der Waals surface area contributed by atoms with Gasteiger partial charge in [0.25, 0.3) is 5.56 Å². The number of amides is 2. The van der Waals surface area contributed by atoms with Crippen LogP contribution in [0.4, 0.5) is 31.9 Å². The van der Waals surface area contributed by atoms with Crippen LogP contribution in [0.1, 0.15) is 74.5 Å². The molecular formula is C44H49ClF2N10O5. The first kappa shape index (κ1) is 40.7. The number of nitrogens with zero attached hydrogens (tertiary/aromatic N) is 7. The molecule has 7 heterocycles. The summed E-state index contributed by atoms with van der Waals surface area (Å²) in [4.78, 5) is 51.3. The van der Waals surface area contributed by atoms with Gasteiger partial charge in [-0.2, -0.15) is 10.1 Å². The van der Waals surface area contributed by atoms with E-state index in [0.717, 1.165) is 36.8 Å². The molecule has 0 bridgehead atoms. The monoisotopic (exact) mass is 870 g/mol. The fraction of sp³-hybridized carbons (Fsp3) is 0.500. The number of hydrogen-bond donors (Lipinski definition) is 4. The van der Waals surface area contributed by atoms with Crippen molar-refractivity contribution in [3.63, 3.8) is 0 Å². The van der Waals surface area contributed by atoms with E-state index in [-0.39, 0.29) is 34.2 Å².